The summed E-state index contributed by atoms with van der Waals surface area (Å²) in [7, 11) is 0. The minimum atomic E-state index is -1.59. The fraction of sp³-hybridized carbons (Fsp3) is 0.697. The highest BCUT2D eigenvalue weighted by Gasteiger charge is 2.44. The van der Waals surface area contributed by atoms with E-state index in [0.717, 1.165) is 64.2 Å². The van der Waals surface area contributed by atoms with E-state index >= 15 is 0 Å². The number of rotatable bonds is 23. The average molecular weight is 611 g/mol. The molecule has 0 amide bonds. The highest BCUT2D eigenvalue weighted by Crippen LogP contribution is 2.22. The minimum Gasteiger partial charge on any atom is -0.462 e. The number of carbonyl (C=O) groups excluding carboxylic acids is 2. The number of esters is 2. The molecule has 1 heterocycles. The predicted octanol–water partition coefficient (Wildman–Crippen LogP) is 4.20. The van der Waals surface area contributed by atoms with Gasteiger partial charge in [-0.3, -0.25) is 9.59 Å². The average Bonchev–Trinajstić information content (AvgIpc) is 2.99. The van der Waals surface area contributed by atoms with Crippen LogP contribution >= 0.6 is 0 Å². The van der Waals surface area contributed by atoms with Crippen LogP contribution in [0.2, 0.25) is 0 Å². The molecule has 1 fully saturated rings. The predicted molar refractivity (Wildman–Crippen MR) is 164 cm³/mol. The first-order valence-electron chi connectivity index (χ1n) is 15.6. The molecule has 0 bridgehead atoms. The van der Waals surface area contributed by atoms with Gasteiger partial charge in [0, 0.05) is 13.3 Å². The van der Waals surface area contributed by atoms with Crippen LogP contribution in [0.3, 0.4) is 0 Å². The van der Waals surface area contributed by atoms with Crippen molar-refractivity contribution >= 4 is 11.9 Å². The maximum atomic E-state index is 12.4. The maximum absolute atomic E-state index is 12.4. The summed E-state index contributed by atoms with van der Waals surface area (Å²) in [5, 5.41) is 39.2. The molecule has 0 aromatic rings. The number of carbonyl (C=O) groups is 2. The molecule has 0 saturated carbocycles. The van der Waals surface area contributed by atoms with Gasteiger partial charge in [-0.2, -0.15) is 0 Å². The lowest BCUT2D eigenvalue weighted by Crippen LogP contribution is -2.59. The first kappa shape index (κ1) is 38.7. The van der Waals surface area contributed by atoms with Crippen LogP contribution in [0.1, 0.15) is 90.9 Å². The molecule has 1 saturated heterocycles. The largest absolute Gasteiger partial charge is 0.462 e. The summed E-state index contributed by atoms with van der Waals surface area (Å²) < 4.78 is 21.1. The topological polar surface area (TPSA) is 152 Å². The van der Waals surface area contributed by atoms with Gasteiger partial charge in [-0.05, 0) is 44.9 Å². The Bertz CT molecular complexity index is 851. The summed E-state index contributed by atoms with van der Waals surface area (Å²) in [5.74, 6) is -1.02. The molecule has 0 aliphatic carbocycles. The van der Waals surface area contributed by atoms with Crippen molar-refractivity contribution in [2.24, 2.45) is 0 Å². The van der Waals surface area contributed by atoms with Gasteiger partial charge in [0.05, 0.1) is 13.2 Å². The van der Waals surface area contributed by atoms with Crippen molar-refractivity contribution in [2.45, 2.75) is 128 Å². The van der Waals surface area contributed by atoms with E-state index in [2.05, 4.69) is 55.5 Å². The summed E-state index contributed by atoms with van der Waals surface area (Å²) in [6.07, 6.45) is 20.7. The van der Waals surface area contributed by atoms with Crippen molar-refractivity contribution in [1.82, 2.24) is 0 Å². The molecule has 10 nitrogen and oxygen atoms in total. The van der Waals surface area contributed by atoms with E-state index in [0.29, 0.717) is 6.42 Å². The highest BCUT2D eigenvalue weighted by atomic mass is 16.7. The molecular formula is C33H54O10. The van der Waals surface area contributed by atoms with Crippen LogP contribution in [0.25, 0.3) is 0 Å². The molecule has 0 aromatic heterocycles. The molecule has 1 aliphatic heterocycles. The first-order valence-corrected chi connectivity index (χ1v) is 15.6. The lowest BCUT2D eigenvalue weighted by Gasteiger charge is -2.39. The Balaban J connectivity index is 2.18. The second-order valence-corrected chi connectivity index (χ2v) is 10.6. The molecule has 0 radical (unpaired) electrons. The Morgan fingerprint density at radius 3 is 1.95 bits per heavy atom. The third kappa shape index (κ3) is 18.8. The van der Waals surface area contributed by atoms with Crippen molar-refractivity contribution in [3.8, 4) is 0 Å². The van der Waals surface area contributed by atoms with Crippen LogP contribution in [-0.2, 0) is 28.5 Å². The van der Waals surface area contributed by atoms with E-state index < -0.39 is 55.4 Å². The van der Waals surface area contributed by atoms with Crippen molar-refractivity contribution in [3.63, 3.8) is 0 Å². The maximum Gasteiger partial charge on any atom is 0.306 e. The van der Waals surface area contributed by atoms with Crippen molar-refractivity contribution in [2.75, 3.05) is 19.8 Å². The molecule has 1 aliphatic rings. The minimum absolute atomic E-state index is 0.207. The van der Waals surface area contributed by atoms with Crippen molar-refractivity contribution < 1.29 is 49.0 Å². The number of hydrogen-bond donors (Lipinski definition) is 4. The van der Waals surface area contributed by atoms with Gasteiger partial charge in [-0.1, -0.05) is 81.2 Å². The van der Waals surface area contributed by atoms with Crippen LogP contribution in [0.15, 0.2) is 48.6 Å². The van der Waals surface area contributed by atoms with Gasteiger partial charge in [0.1, 0.15) is 31.0 Å². The smallest absolute Gasteiger partial charge is 0.306 e. The second-order valence-electron chi connectivity index (χ2n) is 10.6. The van der Waals surface area contributed by atoms with E-state index in [1.165, 1.54) is 6.92 Å². The van der Waals surface area contributed by atoms with E-state index in [1.807, 2.05) is 0 Å². The van der Waals surface area contributed by atoms with Gasteiger partial charge in [0.15, 0.2) is 12.4 Å². The number of hydrogen-bond acceptors (Lipinski definition) is 10. The fourth-order valence-electron chi connectivity index (χ4n) is 4.31. The summed E-state index contributed by atoms with van der Waals surface area (Å²) in [5.41, 5.74) is 0. The molecule has 1 rings (SSSR count). The Kier molecular flexibility index (Phi) is 22.5. The molecular weight excluding hydrogens is 556 g/mol. The van der Waals surface area contributed by atoms with E-state index in [9.17, 15) is 30.0 Å². The Morgan fingerprint density at radius 2 is 1.35 bits per heavy atom. The highest BCUT2D eigenvalue weighted by molar-refractivity contribution is 5.69. The van der Waals surface area contributed by atoms with Crippen molar-refractivity contribution in [1.29, 1.82) is 0 Å². The molecule has 0 spiro atoms. The third-order valence-electron chi connectivity index (χ3n) is 6.79. The van der Waals surface area contributed by atoms with Crippen molar-refractivity contribution in [3.05, 3.63) is 48.6 Å². The quantitative estimate of drug-likeness (QED) is 0.0752. The summed E-state index contributed by atoms with van der Waals surface area (Å²) >= 11 is 0. The zero-order chi connectivity index (χ0) is 31.7. The lowest BCUT2D eigenvalue weighted by molar-refractivity contribution is -0.305. The van der Waals surface area contributed by atoms with E-state index in [4.69, 9.17) is 18.9 Å². The first-order chi connectivity index (χ1) is 20.8. The van der Waals surface area contributed by atoms with Crippen LogP contribution in [0.4, 0.5) is 0 Å². The van der Waals surface area contributed by atoms with Crippen LogP contribution in [-0.4, -0.2) is 89.0 Å². The van der Waals surface area contributed by atoms with Gasteiger partial charge in [-0.15, -0.1) is 0 Å². The van der Waals surface area contributed by atoms with Gasteiger partial charge >= 0.3 is 11.9 Å². The summed E-state index contributed by atoms with van der Waals surface area (Å²) in [4.78, 5) is 23.6. The standard InChI is InChI=1S/C33H54O10/c1-3-4-5-6-7-8-9-10-11-12-13-14-15-16-17-18-19-20-21-22-29(36)42-27(24-40-26(2)35)25-41-33-32(39)31(38)30(37)28(23-34)43-33/h4-5,7-8,10-11,13-14,27-28,30-34,37-39H,3,6,9,12,15-25H2,1-2H3/b5-4-,8-7-,11-10-,14-13-. The van der Waals surface area contributed by atoms with Crippen LogP contribution < -0.4 is 0 Å². The van der Waals surface area contributed by atoms with Gasteiger partial charge in [0.25, 0.3) is 0 Å². The number of unbranched alkanes of at least 4 members (excludes halogenated alkanes) is 6. The molecule has 6 unspecified atom stereocenters. The number of allylic oxidation sites excluding steroid dienone is 8. The summed E-state index contributed by atoms with van der Waals surface area (Å²) in [6.45, 7) is 2.22. The van der Waals surface area contributed by atoms with Crippen LogP contribution in [0.5, 0.6) is 0 Å². The van der Waals surface area contributed by atoms with Gasteiger partial charge in [-0.25, -0.2) is 0 Å². The number of ether oxygens (including phenoxy) is 4. The Morgan fingerprint density at radius 1 is 0.767 bits per heavy atom. The van der Waals surface area contributed by atoms with Crippen LogP contribution in [0, 0.1) is 0 Å². The normalized spacial score (nSPS) is 23.5. The van der Waals surface area contributed by atoms with Gasteiger partial charge < -0.3 is 39.4 Å². The van der Waals surface area contributed by atoms with E-state index in [-0.39, 0.29) is 19.6 Å². The zero-order valence-corrected chi connectivity index (χ0v) is 25.9. The number of aliphatic hydroxyl groups is 4. The SMILES string of the molecule is CC/C=C\C/C=C\C/C=C\C/C=C\CCCCCCCCC(=O)OC(COC(C)=O)COC1OC(CO)C(O)C(O)C1O. The Labute approximate surface area is 257 Å². The molecule has 6 atom stereocenters. The lowest BCUT2D eigenvalue weighted by atomic mass is 9.99. The third-order valence-corrected chi connectivity index (χ3v) is 6.79. The molecule has 0 aromatic carbocycles. The number of aliphatic hydroxyl groups excluding tert-OH is 4. The Hall–Kier alpha value is -2.34. The monoisotopic (exact) mass is 610 g/mol. The molecule has 4 N–H and O–H groups in total. The molecule has 10 heteroatoms. The molecule has 246 valence electrons. The second kappa shape index (κ2) is 25.0. The summed E-state index contributed by atoms with van der Waals surface area (Å²) in [6, 6.07) is 0. The van der Waals surface area contributed by atoms with Gasteiger partial charge in [0.2, 0.25) is 0 Å². The fourth-order valence-corrected chi connectivity index (χ4v) is 4.31. The zero-order valence-electron chi connectivity index (χ0n) is 25.9. The molecule has 43 heavy (non-hydrogen) atoms. The van der Waals surface area contributed by atoms with E-state index in [1.54, 1.807) is 0 Å².